The normalized spacial score (nSPS) is 12.3. The number of hydrogen-bond acceptors (Lipinski definition) is 4. The van der Waals surface area contributed by atoms with Crippen LogP contribution in [0.15, 0.2) is 47.5 Å². The van der Waals surface area contributed by atoms with Crippen molar-refractivity contribution < 1.29 is 13.2 Å². The summed E-state index contributed by atoms with van der Waals surface area (Å²) in [5, 5.41) is 7.64. The molecule has 2 aromatic carbocycles. The highest BCUT2D eigenvalue weighted by molar-refractivity contribution is 7.92. The Balaban J connectivity index is 2.09. The van der Waals surface area contributed by atoms with Gasteiger partial charge in [-0.2, -0.15) is 5.10 Å². The summed E-state index contributed by atoms with van der Waals surface area (Å²) in [6.45, 7) is 8.33. The minimum atomic E-state index is -3.84. The number of H-pyrrole nitrogens is 1. The summed E-state index contributed by atoms with van der Waals surface area (Å²) < 4.78 is 34.5. The highest BCUT2D eigenvalue weighted by atomic mass is 32.2. The maximum absolute atomic E-state index is 13.1. The molecule has 26 heavy (non-hydrogen) atoms. The minimum Gasteiger partial charge on any atom is -0.492 e. The van der Waals surface area contributed by atoms with Crippen molar-refractivity contribution >= 4 is 26.6 Å². The van der Waals surface area contributed by atoms with Crippen LogP contribution < -0.4 is 9.46 Å². The van der Waals surface area contributed by atoms with E-state index in [-0.39, 0.29) is 10.3 Å². The van der Waals surface area contributed by atoms with Crippen molar-refractivity contribution in [1.29, 1.82) is 0 Å². The van der Waals surface area contributed by atoms with E-state index in [4.69, 9.17) is 4.74 Å². The zero-order valence-corrected chi connectivity index (χ0v) is 16.1. The zero-order chi connectivity index (χ0) is 18.9. The zero-order valence-electron chi connectivity index (χ0n) is 15.3. The van der Waals surface area contributed by atoms with Gasteiger partial charge in [-0.3, -0.25) is 9.82 Å². The SMILES string of the molecule is CCOc1ccc(C(C)(C)C)cc1S(=O)(=O)Nc1cccc2cn[nH]c12. The quantitative estimate of drug-likeness (QED) is 0.706. The summed E-state index contributed by atoms with van der Waals surface area (Å²) in [6.07, 6.45) is 1.65. The van der Waals surface area contributed by atoms with Crippen molar-refractivity contribution in [1.82, 2.24) is 10.2 Å². The average Bonchev–Trinajstić information content (AvgIpc) is 3.04. The van der Waals surface area contributed by atoms with Crippen LogP contribution in [0, 0.1) is 0 Å². The number of aromatic amines is 1. The van der Waals surface area contributed by atoms with E-state index in [0.29, 0.717) is 23.6 Å². The number of benzene rings is 2. The Morgan fingerprint density at radius 1 is 1.19 bits per heavy atom. The van der Waals surface area contributed by atoms with Crippen molar-refractivity contribution in [3.05, 3.63) is 48.2 Å². The Hall–Kier alpha value is -2.54. The lowest BCUT2D eigenvalue weighted by atomic mass is 9.87. The topological polar surface area (TPSA) is 84.1 Å². The molecule has 2 N–H and O–H groups in total. The number of rotatable bonds is 5. The van der Waals surface area contributed by atoms with E-state index in [0.717, 1.165) is 10.9 Å². The molecular weight excluding hydrogens is 350 g/mol. The number of nitrogens with one attached hydrogen (secondary N) is 2. The molecule has 3 aromatic rings. The molecule has 0 aliphatic rings. The second-order valence-electron chi connectivity index (χ2n) is 7.09. The lowest BCUT2D eigenvalue weighted by Gasteiger charge is -2.21. The summed E-state index contributed by atoms with van der Waals surface area (Å²) >= 11 is 0. The molecule has 1 heterocycles. The van der Waals surface area contributed by atoms with Crippen LogP contribution in [0.1, 0.15) is 33.3 Å². The van der Waals surface area contributed by atoms with Crippen LogP contribution >= 0.6 is 0 Å². The van der Waals surface area contributed by atoms with E-state index >= 15 is 0 Å². The van der Waals surface area contributed by atoms with E-state index in [1.54, 1.807) is 30.5 Å². The predicted octanol–water partition coefficient (Wildman–Crippen LogP) is 4.06. The van der Waals surface area contributed by atoms with Crippen LogP contribution in [0.25, 0.3) is 10.9 Å². The molecule has 0 unspecified atom stereocenters. The van der Waals surface area contributed by atoms with Gasteiger partial charge in [0.05, 0.1) is 24.0 Å². The van der Waals surface area contributed by atoms with Gasteiger partial charge in [-0.15, -0.1) is 0 Å². The van der Waals surface area contributed by atoms with E-state index < -0.39 is 10.0 Å². The van der Waals surface area contributed by atoms with Crippen LogP contribution in [-0.2, 0) is 15.4 Å². The number of nitrogens with zero attached hydrogens (tertiary/aromatic N) is 1. The second-order valence-corrected chi connectivity index (χ2v) is 8.74. The third-order valence-corrected chi connectivity index (χ3v) is 5.51. The van der Waals surface area contributed by atoms with E-state index in [9.17, 15) is 8.42 Å². The number of sulfonamides is 1. The summed E-state index contributed by atoms with van der Waals surface area (Å²) in [6, 6.07) is 10.6. The van der Waals surface area contributed by atoms with E-state index in [1.807, 2.05) is 39.8 Å². The van der Waals surface area contributed by atoms with Gasteiger partial charge in [-0.25, -0.2) is 8.42 Å². The Kier molecular flexibility index (Phi) is 4.66. The highest BCUT2D eigenvalue weighted by Crippen LogP contribution is 2.33. The number of hydrogen-bond donors (Lipinski definition) is 2. The van der Waals surface area contributed by atoms with Gasteiger partial charge in [0.15, 0.2) is 0 Å². The van der Waals surface area contributed by atoms with Crippen LogP contribution in [0.4, 0.5) is 5.69 Å². The lowest BCUT2D eigenvalue weighted by Crippen LogP contribution is -2.17. The molecule has 0 atom stereocenters. The molecule has 138 valence electrons. The molecule has 0 aliphatic heterocycles. The lowest BCUT2D eigenvalue weighted by molar-refractivity contribution is 0.331. The van der Waals surface area contributed by atoms with Crippen LogP contribution in [0.3, 0.4) is 0 Å². The van der Waals surface area contributed by atoms with E-state index in [1.165, 1.54) is 0 Å². The third-order valence-electron chi connectivity index (χ3n) is 4.12. The molecule has 1 aromatic heterocycles. The molecule has 0 saturated carbocycles. The fourth-order valence-corrected chi connectivity index (χ4v) is 3.96. The summed E-state index contributed by atoms with van der Waals surface area (Å²) in [5.74, 6) is 0.338. The number of anilines is 1. The number of para-hydroxylation sites is 1. The first-order chi connectivity index (χ1) is 12.2. The highest BCUT2D eigenvalue weighted by Gasteiger charge is 2.24. The minimum absolute atomic E-state index is 0.128. The molecule has 0 radical (unpaired) electrons. The molecule has 0 saturated heterocycles. The standard InChI is InChI=1S/C19H23N3O3S/c1-5-25-16-10-9-14(19(2,3)4)11-17(16)26(23,24)22-15-8-6-7-13-12-20-21-18(13)15/h6-12,22H,5H2,1-4H3,(H,20,21). The summed E-state index contributed by atoms with van der Waals surface area (Å²) in [5.41, 5.74) is 1.82. The van der Waals surface area contributed by atoms with Crippen molar-refractivity contribution in [2.75, 3.05) is 11.3 Å². The smallest absolute Gasteiger partial charge is 0.265 e. The molecule has 7 heteroatoms. The van der Waals surface area contributed by atoms with Gasteiger partial charge in [0.2, 0.25) is 0 Å². The maximum atomic E-state index is 13.1. The Labute approximate surface area is 153 Å². The van der Waals surface area contributed by atoms with Gasteiger partial charge in [-0.05, 0) is 36.1 Å². The van der Waals surface area contributed by atoms with Crippen LogP contribution in [0.2, 0.25) is 0 Å². The van der Waals surface area contributed by atoms with Crippen molar-refractivity contribution in [3.63, 3.8) is 0 Å². The van der Waals surface area contributed by atoms with Crippen LogP contribution in [-0.4, -0.2) is 25.2 Å². The van der Waals surface area contributed by atoms with Crippen LogP contribution in [0.5, 0.6) is 5.75 Å². The van der Waals surface area contributed by atoms with Gasteiger partial charge in [0, 0.05) is 5.39 Å². The third kappa shape index (κ3) is 3.53. The summed E-state index contributed by atoms with van der Waals surface area (Å²) in [7, 11) is -3.84. The van der Waals surface area contributed by atoms with Gasteiger partial charge in [-0.1, -0.05) is 39.0 Å². The van der Waals surface area contributed by atoms with Crippen molar-refractivity contribution in [2.45, 2.75) is 38.0 Å². The first kappa shape index (κ1) is 18.3. The number of ether oxygens (including phenoxy) is 1. The van der Waals surface area contributed by atoms with Crippen molar-refractivity contribution in [3.8, 4) is 5.75 Å². The fourth-order valence-electron chi connectivity index (χ4n) is 2.71. The molecule has 0 fully saturated rings. The summed E-state index contributed by atoms with van der Waals surface area (Å²) in [4.78, 5) is 0.128. The van der Waals surface area contributed by atoms with Crippen molar-refractivity contribution in [2.24, 2.45) is 0 Å². The first-order valence-electron chi connectivity index (χ1n) is 8.44. The maximum Gasteiger partial charge on any atom is 0.265 e. The molecule has 6 nitrogen and oxygen atoms in total. The molecule has 0 bridgehead atoms. The largest absolute Gasteiger partial charge is 0.492 e. The van der Waals surface area contributed by atoms with E-state index in [2.05, 4.69) is 14.9 Å². The van der Waals surface area contributed by atoms with Gasteiger partial charge in [0.25, 0.3) is 10.0 Å². The average molecular weight is 373 g/mol. The van der Waals surface area contributed by atoms with Gasteiger partial charge >= 0.3 is 0 Å². The monoisotopic (exact) mass is 373 g/mol. The number of fused-ring (bicyclic) bond motifs is 1. The Morgan fingerprint density at radius 2 is 1.96 bits per heavy atom. The predicted molar refractivity (Wildman–Crippen MR) is 103 cm³/mol. The second kappa shape index (κ2) is 6.64. The first-order valence-corrected chi connectivity index (χ1v) is 9.93. The Morgan fingerprint density at radius 3 is 2.65 bits per heavy atom. The fraction of sp³-hybridized carbons (Fsp3) is 0.316. The van der Waals surface area contributed by atoms with Gasteiger partial charge < -0.3 is 4.74 Å². The Bertz CT molecular complexity index is 1030. The molecule has 0 spiro atoms. The van der Waals surface area contributed by atoms with Gasteiger partial charge in [0.1, 0.15) is 10.6 Å². The molecule has 0 amide bonds. The molecule has 0 aliphatic carbocycles. The molecular formula is C19H23N3O3S. The number of aromatic nitrogens is 2. The molecule has 3 rings (SSSR count).